The zero-order chi connectivity index (χ0) is 23.5. The van der Waals surface area contributed by atoms with Gasteiger partial charge in [0.05, 0.1) is 18.4 Å². The van der Waals surface area contributed by atoms with Crippen molar-refractivity contribution in [1.82, 2.24) is 15.1 Å². The Morgan fingerprint density at radius 1 is 1.21 bits per heavy atom. The third-order valence-corrected chi connectivity index (χ3v) is 5.65. The monoisotopic (exact) mass is 459 g/mol. The Morgan fingerprint density at radius 3 is 2.61 bits per heavy atom. The number of aryl methyl sites for hydroxylation is 1. The van der Waals surface area contributed by atoms with E-state index in [1.165, 1.54) is 0 Å². The van der Waals surface area contributed by atoms with Crippen molar-refractivity contribution >= 4 is 34.8 Å². The van der Waals surface area contributed by atoms with E-state index in [1.807, 2.05) is 67.6 Å². The Balaban J connectivity index is 1.89. The molecule has 1 aliphatic rings. The number of nitriles is 1. The number of nitrogens with one attached hydrogen (secondary N) is 1. The molecule has 0 bridgehead atoms. The molecule has 0 aliphatic carbocycles. The fourth-order valence-electron chi connectivity index (χ4n) is 3.70. The van der Waals surface area contributed by atoms with Gasteiger partial charge in [-0.25, -0.2) is 9.48 Å². The number of carbonyl (C=O) groups is 2. The number of rotatable bonds is 5. The topological polar surface area (TPSA) is 100 Å². The van der Waals surface area contributed by atoms with Gasteiger partial charge in [-0.1, -0.05) is 42.5 Å². The Hall–Kier alpha value is -4.03. The van der Waals surface area contributed by atoms with Crippen LogP contribution in [-0.2, 0) is 9.53 Å². The van der Waals surface area contributed by atoms with E-state index in [4.69, 9.17) is 17.0 Å². The Morgan fingerprint density at radius 2 is 1.94 bits per heavy atom. The number of para-hydroxylation sites is 1. The number of amides is 1. The summed E-state index contributed by atoms with van der Waals surface area (Å²) in [4.78, 5) is 27.4. The minimum absolute atomic E-state index is 0.0573. The molecule has 0 saturated carbocycles. The number of hydrogen-bond donors (Lipinski definition) is 1. The molecule has 8 nitrogen and oxygen atoms in total. The van der Waals surface area contributed by atoms with Crippen LogP contribution in [0.2, 0.25) is 0 Å². The summed E-state index contributed by atoms with van der Waals surface area (Å²) < 4.78 is 6.79. The molecule has 2 atom stereocenters. The van der Waals surface area contributed by atoms with Crippen LogP contribution in [-0.4, -0.2) is 33.3 Å². The Labute approximate surface area is 196 Å². The highest BCUT2D eigenvalue weighted by molar-refractivity contribution is 7.80. The third kappa shape index (κ3) is 4.21. The first kappa shape index (κ1) is 22.2. The van der Waals surface area contributed by atoms with E-state index in [9.17, 15) is 14.9 Å². The lowest BCUT2D eigenvalue weighted by molar-refractivity contribution is -0.123. The average Bonchev–Trinajstić information content (AvgIpc) is 3.25. The summed E-state index contributed by atoms with van der Waals surface area (Å²) in [6.45, 7) is 3.81. The molecule has 2 aromatic carbocycles. The summed E-state index contributed by atoms with van der Waals surface area (Å²) in [6, 6.07) is 18.8. The van der Waals surface area contributed by atoms with Crippen LogP contribution >= 0.6 is 12.2 Å². The number of carbonyl (C=O) groups excluding carboxylic acids is 2. The lowest BCUT2D eigenvalue weighted by atomic mass is 10.0. The molecule has 4 rings (SSSR count). The van der Waals surface area contributed by atoms with Crippen molar-refractivity contribution in [1.29, 1.82) is 5.26 Å². The molecule has 1 fully saturated rings. The molecule has 33 heavy (non-hydrogen) atoms. The molecule has 2 heterocycles. The summed E-state index contributed by atoms with van der Waals surface area (Å²) in [5.74, 6) is -2.28. The second kappa shape index (κ2) is 9.22. The molecule has 0 spiro atoms. The highest BCUT2D eigenvalue weighted by atomic mass is 32.1. The molecule has 9 heteroatoms. The van der Waals surface area contributed by atoms with Gasteiger partial charge in [0, 0.05) is 17.4 Å². The minimum atomic E-state index is -1.13. The minimum Gasteiger partial charge on any atom is -0.461 e. The van der Waals surface area contributed by atoms with Crippen LogP contribution in [0.5, 0.6) is 0 Å². The van der Waals surface area contributed by atoms with E-state index >= 15 is 0 Å². The standard InChI is InChI=1S/C24H21N5O3S/c1-3-32-24(31)20-19(14-28(27-20)16-9-5-4-6-10-16)21-26-22(30)18(13-25)23(33)29(21)17-11-7-8-15(2)12-17/h4-12,14,18,21H,3H2,1-2H3,(H,26,30)/t18-,21-/m1/s1. The number of anilines is 1. The van der Waals surface area contributed by atoms with Gasteiger partial charge >= 0.3 is 5.97 Å². The van der Waals surface area contributed by atoms with Gasteiger partial charge in [-0.2, -0.15) is 10.4 Å². The maximum atomic E-state index is 12.8. The summed E-state index contributed by atoms with van der Waals surface area (Å²) in [7, 11) is 0. The first-order valence-electron chi connectivity index (χ1n) is 10.4. The largest absolute Gasteiger partial charge is 0.461 e. The summed E-state index contributed by atoms with van der Waals surface area (Å²) in [6.07, 6.45) is 0.818. The van der Waals surface area contributed by atoms with Crippen LogP contribution in [0.4, 0.5) is 5.69 Å². The van der Waals surface area contributed by atoms with Gasteiger partial charge in [-0.05, 0) is 43.7 Å². The fourth-order valence-corrected chi connectivity index (χ4v) is 4.07. The van der Waals surface area contributed by atoms with Crippen LogP contribution in [0.3, 0.4) is 0 Å². The predicted molar refractivity (Wildman–Crippen MR) is 126 cm³/mol. The molecule has 1 N–H and O–H groups in total. The number of aromatic nitrogens is 2. The van der Waals surface area contributed by atoms with E-state index in [2.05, 4.69) is 10.4 Å². The van der Waals surface area contributed by atoms with Crippen molar-refractivity contribution in [2.45, 2.75) is 20.0 Å². The number of thiocarbonyl (C=S) groups is 1. The molecular formula is C24H21N5O3S. The van der Waals surface area contributed by atoms with Crippen molar-refractivity contribution < 1.29 is 14.3 Å². The highest BCUT2D eigenvalue weighted by Gasteiger charge is 2.42. The van der Waals surface area contributed by atoms with E-state index in [0.717, 1.165) is 11.3 Å². The average molecular weight is 460 g/mol. The van der Waals surface area contributed by atoms with E-state index < -0.39 is 24.0 Å². The number of esters is 1. The molecule has 1 saturated heterocycles. The van der Waals surface area contributed by atoms with Crippen molar-refractivity contribution in [3.8, 4) is 11.8 Å². The number of ether oxygens (including phenoxy) is 1. The van der Waals surface area contributed by atoms with Crippen LogP contribution in [0.15, 0.2) is 60.8 Å². The number of hydrogen-bond acceptors (Lipinski definition) is 6. The number of benzene rings is 2. The zero-order valence-corrected chi connectivity index (χ0v) is 18.9. The Kier molecular flexibility index (Phi) is 6.20. The summed E-state index contributed by atoms with van der Waals surface area (Å²) in [5.41, 5.74) is 2.86. The lowest BCUT2D eigenvalue weighted by Crippen LogP contribution is -2.56. The maximum absolute atomic E-state index is 12.8. The second-order valence-corrected chi connectivity index (χ2v) is 7.87. The SMILES string of the molecule is CCOC(=O)c1nn(-c2ccccc2)cc1[C@@H]1NC(=O)[C@@H](C#N)C(=S)N1c1cccc(C)c1. The predicted octanol–water partition coefficient (Wildman–Crippen LogP) is 3.46. The van der Waals surface area contributed by atoms with E-state index in [0.29, 0.717) is 11.3 Å². The zero-order valence-electron chi connectivity index (χ0n) is 18.1. The molecule has 0 radical (unpaired) electrons. The Bertz CT molecular complexity index is 1260. The van der Waals surface area contributed by atoms with E-state index in [1.54, 1.807) is 22.7 Å². The molecule has 1 aromatic heterocycles. The first-order chi connectivity index (χ1) is 15.9. The fraction of sp³-hybridized carbons (Fsp3) is 0.208. The van der Waals surface area contributed by atoms with Crippen molar-refractivity contribution in [2.75, 3.05) is 11.5 Å². The van der Waals surface area contributed by atoms with Crippen molar-refractivity contribution in [3.63, 3.8) is 0 Å². The van der Waals surface area contributed by atoms with Crippen molar-refractivity contribution in [2.24, 2.45) is 5.92 Å². The van der Waals surface area contributed by atoms with Gasteiger partial charge in [0.1, 0.15) is 11.2 Å². The van der Waals surface area contributed by atoms with Crippen molar-refractivity contribution in [3.05, 3.63) is 77.6 Å². The summed E-state index contributed by atoms with van der Waals surface area (Å²) in [5, 5.41) is 16.9. The first-order valence-corrected chi connectivity index (χ1v) is 10.8. The quantitative estimate of drug-likeness (QED) is 0.461. The summed E-state index contributed by atoms with van der Waals surface area (Å²) >= 11 is 5.59. The smallest absolute Gasteiger partial charge is 0.359 e. The van der Waals surface area contributed by atoms with Gasteiger partial charge in [0.15, 0.2) is 11.6 Å². The maximum Gasteiger partial charge on any atom is 0.359 e. The third-order valence-electron chi connectivity index (χ3n) is 5.22. The molecule has 1 aliphatic heterocycles. The van der Waals surface area contributed by atoms with Gasteiger partial charge in [0.25, 0.3) is 0 Å². The molecule has 0 unspecified atom stereocenters. The van der Waals surface area contributed by atoms with Gasteiger partial charge in [-0.15, -0.1) is 0 Å². The normalized spacial score (nSPS) is 17.9. The second-order valence-electron chi connectivity index (χ2n) is 7.45. The van der Waals surface area contributed by atoms with Crippen LogP contribution in [0.1, 0.15) is 34.7 Å². The highest BCUT2D eigenvalue weighted by Crippen LogP contribution is 2.34. The van der Waals surface area contributed by atoms with Gasteiger partial charge < -0.3 is 15.0 Å². The molecular weight excluding hydrogens is 438 g/mol. The lowest BCUT2D eigenvalue weighted by Gasteiger charge is -2.39. The van der Waals surface area contributed by atoms with Crippen LogP contribution in [0.25, 0.3) is 5.69 Å². The van der Waals surface area contributed by atoms with Crippen LogP contribution in [0, 0.1) is 24.2 Å². The molecule has 3 aromatic rings. The number of nitrogens with zero attached hydrogens (tertiary/aromatic N) is 4. The molecule has 166 valence electrons. The van der Waals surface area contributed by atoms with E-state index in [-0.39, 0.29) is 17.3 Å². The van der Waals surface area contributed by atoms with Crippen LogP contribution < -0.4 is 10.2 Å². The van der Waals surface area contributed by atoms with Gasteiger partial charge in [-0.3, -0.25) is 4.79 Å². The molecule has 1 amide bonds. The van der Waals surface area contributed by atoms with Gasteiger partial charge in [0.2, 0.25) is 5.91 Å².